The molecule has 6 aromatic carbocycles. The zero-order valence-corrected chi connectivity index (χ0v) is 37.8. The van der Waals surface area contributed by atoms with Gasteiger partial charge < -0.3 is 47.4 Å². The summed E-state index contributed by atoms with van der Waals surface area (Å²) < 4.78 is 65.7. The zero-order chi connectivity index (χ0) is 45.1. The molecule has 6 atom stereocenters. The summed E-state index contributed by atoms with van der Waals surface area (Å²) in [7, 11) is 0. The van der Waals surface area contributed by atoms with E-state index in [4.69, 9.17) is 47.4 Å². The lowest BCUT2D eigenvalue weighted by Gasteiger charge is -2.49. The van der Waals surface area contributed by atoms with Gasteiger partial charge in [0.05, 0.1) is 92.5 Å². The first-order valence-electron chi connectivity index (χ1n) is 23.0. The molecule has 0 spiro atoms. The number of ether oxygens (including phenoxy) is 10. The van der Waals surface area contributed by atoms with Crippen molar-refractivity contribution in [1.82, 2.24) is 0 Å². The fraction of sp³-hybridized carbons (Fsp3) is 0.357. The van der Waals surface area contributed by atoms with E-state index >= 15 is 0 Å². The third kappa shape index (κ3) is 16.7. The average molecular weight is 897 g/mol. The van der Waals surface area contributed by atoms with Gasteiger partial charge in [-0.15, -0.1) is 0 Å². The van der Waals surface area contributed by atoms with Crippen molar-refractivity contribution in [3.63, 3.8) is 0 Å². The molecule has 0 aliphatic heterocycles. The minimum absolute atomic E-state index is 0.260. The van der Waals surface area contributed by atoms with Crippen LogP contribution in [0.25, 0.3) is 0 Å². The summed E-state index contributed by atoms with van der Waals surface area (Å²) in [5.74, 6) is 0. The maximum Gasteiger partial charge on any atom is 0.116 e. The molecule has 0 heterocycles. The highest BCUT2D eigenvalue weighted by atomic mass is 16.6. The first-order chi connectivity index (χ1) is 32.8. The van der Waals surface area contributed by atoms with E-state index in [0.717, 1.165) is 33.4 Å². The molecule has 10 nitrogen and oxygen atoms in total. The first kappa shape index (κ1) is 48.8. The van der Waals surface area contributed by atoms with E-state index in [0.29, 0.717) is 79.3 Å². The van der Waals surface area contributed by atoms with Crippen LogP contribution in [0.4, 0.5) is 0 Å². The molecule has 348 valence electrons. The van der Waals surface area contributed by atoms with Gasteiger partial charge in [0, 0.05) is 0 Å². The Labute approximate surface area is 390 Å². The van der Waals surface area contributed by atoms with E-state index in [1.54, 1.807) is 0 Å². The highest BCUT2D eigenvalue weighted by molar-refractivity contribution is 5.18. The zero-order valence-electron chi connectivity index (χ0n) is 37.8. The SMILES string of the molecule is c1ccc(COCCOCCO[C@@H]2[C@H](OCCOCCOCc3ccccc3)[C@H](OCc3ccccc3)[C@@H](OCc3ccccc3)[C@H](OCc3ccccc3)[C@H]2OCc2ccccc2)cc1. The van der Waals surface area contributed by atoms with Gasteiger partial charge in [-0.2, -0.15) is 0 Å². The molecule has 0 bridgehead atoms. The molecule has 0 N–H and O–H groups in total. The van der Waals surface area contributed by atoms with Crippen LogP contribution in [-0.4, -0.2) is 89.5 Å². The van der Waals surface area contributed by atoms with Crippen LogP contribution < -0.4 is 0 Å². The van der Waals surface area contributed by atoms with Gasteiger partial charge in [-0.3, -0.25) is 0 Å². The highest BCUT2D eigenvalue weighted by Gasteiger charge is 2.55. The van der Waals surface area contributed by atoms with Crippen LogP contribution in [0.3, 0.4) is 0 Å². The van der Waals surface area contributed by atoms with Gasteiger partial charge in [0.25, 0.3) is 0 Å². The van der Waals surface area contributed by atoms with Crippen molar-refractivity contribution in [2.75, 3.05) is 52.9 Å². The summed E-state index contributed by atoms with van der Waals surface area (Å²) in [6.45, 7) is 5.22. The number of rotatable bonds is 30. The lowest BCUT2D eigenvalue weighted by Crippen LogP contribution is -2.67. The van der Waals surface area contributed by atoms with Crippen LogP contribution in [0.15, 0.2) is 182 Å². The van der Waals surface area contributed by atoms with Gasteiger partial charge in [0.15, 0.2) is 0 Å². The van der Waals surface area contributed by atoms with Gasteiger partial charge >= 0.3 is 0 Å². The molecule has 7 rings (SSSR count). The summed E-state index contributed by atoms with van der Waals surface area (Å²) >= 11 is 0. The van der Waals surface area contributed by atoms with E-state index in [2.05, 4.69) is 48.5 Å². The van der Waals surface area contributed by atoms with Crippen LogP contribution in [0.1, 0.15) is 33.4 Å². The summed E-state index contributed by atoms with van der Waals surface area (Å²) in [4.78, 5) is 0. The molecule has 1 fully saturated rings. The monoisotopic (exact) mass is 896 g/mol. The summed E-state index contributed by atoms with van der Waals surface area (Å²) in [6.07, 6.45) is -3.93. The van der Waals surface area contributed by atoms with E-state index in [9.17, 15) is 0 Å². The van der Waals surface area contributed by atoms with Crippen molar-refractivity contribution in [3.8, 4) is 0 Å². The number of hydrogen-bond acceptors (Lipinski definition) is 10. The van der Waals surface area contributed by atoms with Crippen LogP contribution in [-0.2, 0) is 87.0 Å². The van der Waals surface area contributed by atoms with Gasteiger partial charge in [0.1, 0.15) is 36.6 Å². The van der Waals surface area contributed by atoms with Crippen molar-refractivity contribution in [2.24, 2.45) is 0 Å². The molecule has 0 aromatic heterocycles. The fourth-order valence-corrected chi connectivity index (χ4v) is 7.78. The van der Waals surface area contributed by atoms with Crippen molar-refractivity contribution in [3.05, 3.63) is 215 Å². The van der Waals surface area contributed by atoms with Crippen LogP contribution in [0.5, 0.6) is 0 Å². The second-order valence-corrected chi connectivity index (χ2v) is 16.0. The van der Waals surface area contributed by atoms with E-state index < -0.39 is 36.6 Å². The van der Waals surface area contributed by atoms with Crippen molar-refractivity contribution in [2.45, 2.75) is 76.3 Å². The number of hydrogen-bond donors (Lipinski definition) is 0. The van der Waals surface area contributed by atoms with Crippen molar-refractivity contribution >= 4 is 0 Å². The molecule has 1 saturated carbocycles. The fourth-order valence-electron chi connectivity index (χ4n) is 7.78. The Morgan fingerprint density at radius 3 is 0.652 bits per heavy atom. The smallest absolute Gasteiger partial charge is 0.116 e. The van der Waals surface area contributed by atoms with Gasteiger partial charge in [-0.25, -0.2) is 0 Å². The van der Waals surface area contributed by atoms with Crippen LogP contribution >= 0.6 is 0 Å². The molecule has 0 unspecified atom stereocenters. The minimum Gasteiger partial charge on any atom is -0.377 e. The molecular formula is C56H64O10. The van der Waals surface area contributed by atoms with Gasteiger partial charge in [0.2, 0.25) is 0 Å². The normalized spacial score (nSPS) is 19.5. The van der Waals surface area contributed by atoms with Crippen molar-refractivity contribution < 1.29 is 47.4 Å². The van der Waals surface area contributed by atoms with Crippen LogP contribution in [0, 0.1) is 0 Å². The topological polar surface area (TPSA) is 92.3 Å². The number of benzene rings is 6. The Hall–Kier alpha value is -5.08. The largest absolute Gasteiger partial charge is 0.377 e. The third-order valence-corrected chi connectivity index (χ3v) is 11.1. The Bertz CT molecular complexity index is 1960. The lowest BCUT2D eigenvalue weighted by molar-refractivity contribution is -0.290. The maximum atomic E-state index is 7.00. The molecule has 1 aliphatic rings. The van der Waals surface area contributed by atoms with Gasteiger partial charge in [-0.1, -0.05) is 182 Å². The Kier molecular flexibility index (Phi) is 21.3. The van der Waals surface area contributed by atoms with E-state index in [-0.39, 0.29) is 13.2 Å². The van der Waals surface area contributed by atoms with E-state index in [1.165, 1.54) is 0 Å². The molecule has 6 aromatic rings. The highest BCUT2D eigenvalue weighted by Crippen LogP contribution is 2.36. The molecule has 66 heavy (non-hydrogen) atoms. The molecule has 10 heteroatoms. The lowest BCUT2D eigenvalue weighted by atomic mass is 9.83. The average Bonchev–Trinajstić information content (AvgIpc) is 3.38. The quantitative estimate of drug-likeness (QED) is 0.0408. The standard InChI is InChI=1S/C56H64O10/c1-7-19-45(20-8-1)39-59-33-31-57-35-37-61-51-52(62-38-36-58-32-34-60-40-46-21-9-2-10-22-46)54(64-42-48-25-13-4-14-26-48)56(66-44-50-29-17-6-18-30-50)55(65-43-49-27-15-5-16-28-49)53(51)63-41-47-23-11-3-12-24-47/h1-30,51-56H,31-44H2/t51-,52+,53-,54-,55+,56+/m0/s1. The first-order valence-corrected chi connectivity index (χ1v) is 23.0. The Morgan fingerprint density at radius 2 is 0.394 bits per heavy atom. The van der Waals surface area contributed by atoms with Crippen molar-refractivity contribution in [1.29, 1.82) is 0 Å². The molecule has 0 saturated heterocycles. The van der Waals surface area contributed by atoms with E-state index in [1.807, 2.05) is 133 Å². The second kappa shape index (κ2) is 28.8. The predicted octanol–water partition coefficient (Wildman–Crippen LogP) is 9.58. The third-order valence-electron chi connectivity index (χ3n) is 11.1. The Morgan fingerprint density at radius 1 is 0.197 bits per heavy atom. The van der Waals surface area contributed by atoms with Gasteiger partial charge in [-0.05, 0) is 33.4 Å². The predicted molar refractivity (Wildman–Crippen MR) is 253 cm³/mol. The molecule has 0 amide bonds. The maximum absolute atomic E-state index is 7.00. The summed E-state index contributed by atoms with van der Waals surface area (Å²) in [5.41, 5.74) is 6.30. The summed E-state index contributed by atoms with van der Waals surface area (Å²) in [5, 5.41) is 0. The molecule has 1 aliphatic carbocycles. The van der Waals surface area contributed by atoms with Crippen LogP contribution in [0.2, 0.25) is 0 Å². The molecular weight excluding hydrogens is 833 g/mol. The second-order valence-electron chi connectivity index (χ2n) is 16.0. The Balaban J connectivity index is 1.13. The molecule has 0 radical (unpaired) electrons. The summed E-state index contributed by atoms with van der Waals surface area (Å²) in [6, 6.07) is 60.7. The minimum atomic E-state index is -0.668.